The highest BCUT2D eigenvalue weighted by molar-refractivity contribution is 6.21. The minimum atomic E-state index is 0.940. The summed E-state index contributed by atoms with van der Waals surface area (Å²) in [5.74, 6) is 0.940. The summed E-state index contributed by atoms with van der Waals surface area (Å²) in [6, 6.07) is 69.8. The van der Waals surface area contributed by atoms with Crippen molar-refractivity contribution in [1.82, 2.24) is 9.55 Å². The third-order valence-corrected chi connectivity index (χ3v) is 10.2. The average Bonchev–Trinajstić information content (AvgIpc) is 3.59. The molecule has 0 N–H and O–H groups in total. The van der Waals surface area contributed by atoms with Gasteiger partial charge in [0.05, 0.1) is 11.0 Å². The van der Waals surface area contributed by atoms with Crippen LogP contribution >= 0.6 is 0 Å². The molecule has 10 aromatic rings. The molecule has 51 heavy (non-hydrogen) atoms. The number of hydrogen-bond donors (Lipinski definition) is 0. The first kappa shape index (κ1) is 29.2. The van der Waals surface area contributed by atoms with Crippen LogP contribution < -0.4 is 0 Å². The number of fused-ring (bicyclic) bond motifs is 4. The van der Waals surface area contributed by atoms with Gasteiger partial charge in [0, 0.05) is 11.3 Å². The van der Waals surface area contributed by atoms with Crippen LogP contribution in [-0.2, 0) is 0 Å². The summed E-state index contributed by atoms with van der Waals surface area (Å²) < 4.78 is 2.26. The van der Waals surface area contributed by atoms with Crippen molar-refractivity contribution in [3.63, 3.8) is 0 Å². The molecule has 10 rings (SSSR count). The number of imidazole rings is 1. The van der Waals surface area contributed by atoms with Crippen molar-refractivity contribution >= 4 is 43.4 Å². The summed E-state index contributed by atoms with van der Waals surface area (Å²) in [6.45, 7) is 0. The fourth-order valence-electron chi connectivity index (χ4n) is 7.80. The molecule has 0 fully saturated rings. The van der Waals surface area contributed by atoms with Gasteiger partial charge in [0.1, 0.15) is 5.82 Å². The highest BCUT2D eigenvalue weighted by atomic mass is 15.1. The van der Waals surface area contributed by atoms with E-state index in [1.165, 1.54) is 54.6 Å². The molecule has 0 spiro atoms. The van der Waals surface area contributed by atoms with E-state index in [0.717, 1.165) is 39.2 Å². The Balaban J connectivity index is 1.10. The Kier molecular flexibility index (Phi) is 6.85. The molecule has 0 bridgehead atoms. The Bertz CT molecular complexity index is 2830. The van der Waals surface area contributed by atoms with E-state index in [4.69, 9.17) is 4.98 Å². The lowest BCUT2D eigenvalue weighted by Gasteiger charge is -2.18. The minimum absolute atomic E-state index is 0.940. The monoisotopic (exact) mass is 648 g/mol. The first-order valence-corrected chi connectivity index (χ1v) is 17.5. The largest absolute Gasteiger partial charge is 0.292 e. The first-order valence-electron chi connectivity index (χ1n) is 17.5. The molecule has 9 aromatic carbocycles. The van der Waals surface area contributed by atoms with Gasteiger partial charge < -0.3 is 0 Å². The Hall–Kier alpha value is -6.77. The van der Waals surface area contributed by atoms with Crippen molar-refractivity contribution in [3.05, 3.63) is 194 Å². The highest BCUT2D eigenvalue weighted by Gasteiger charge is 2.18. The zero-order valence-electron chi connectivity index (χ0n) is 27.9. The number of hydrogen-bond acceptors (Lipinski definition) is 1. The van der Waals surface area contributed by atoms with Crippen LogP contribution in [0.15, 0.2) is 194 Å². The van der Waals surface area contributed by atoms with Crippen LogP contribution in [0.25, 0.3) is 93.8 Å². The van der Waals surface area contributed by atoms with E-state index in [1.807, 2.05) is 6.07 Å². The lowest BCUT2D eigenvalue weighted by atomic mass is 9.85. The van der Waals surface area contributed by atoms with Crippen molar-refractivity contribution in [2.45, 2.75) is 0 Å². The predicted octanol–water partition coefficient (Wildman–Crippen LogP) is 13.2. The van der Waals surface area contributed by atoms with Gasteiger partial charge in [0.25, 0.3) is 0 Å². The van der Waals surface area contributed by atoms with E-state index in [1.54, 1.807) is 0 Å². The third kappa shape index (κ3) is 4.92. The van der Waals surface area contributed by atoms with E-state index in [2.05, 4.69) is 193 Å². The maximum absolute atomic E-state index is 5.19. The van der Waals surface area contributed by atoms with E-state index in [9.17, 15) is 0 Å². The van der Waals surface area contributed by atoms with Crippen LogP contribution in [0.2, 0.25) is 0 Å². The van der Waals surface area contributed by atoms with Crippen LogP contribution in [0.5, 0.6) is 0 Å². The number of para-hydroxylation sites is 1. The van der Waals surface area contributed by atoms with Gasteiger partial charge in [0.15, 0.2) is 0 Å². The molecular weight excluding hydrogens is 617 g/mol. The summed E-state index contributed by atoms with van der Waals surface area (Å²) in [4.78, 5) is 5.19. The summed E-state index contributed by atoms with van der Waals surface area (Å²) in [5, 5.41) is 7.55. The van der Waals surface area contributed by atoms with E-state index >= 15 is 0 Å². The standard InChI is InChI=1S/C49H32N2/c1-3-14-36(15-4-1)49-50-45-32-38(29-30-46(45)51(49)40-17-5-2-6-18-40)34-23-26-35(27-24-34)47-41-19-9-11-21-43(41)48(44-22-12-10-20-42(44)47)39-28-25-33-13-7-8-16-37(33)31-39/h1-32H. The van der Waals surface area contributed by atoms with Gasteiger partial charge in [-0.1, -0.05) is 164 Å². The fraction of sp³-hybridized carbons (Fsp3) is 0. The minimum Gasteiger partial charge on any atom is -0.292 e. The smallest absolute Gasteiger partial charge is 0.145 e. The number of nitrogens with zero attached hydrogens (tertiary/aromatic N) is 2. The Morgan fingerprint density at radius 1 is 0.333 bits per heavy atom. The van der Waals surface area contributed by atoms with Crippen LogP contribution in [0.1, 0.15) is 0 Å². The van der Waals surface area contributed by atoms with Gasteiger partial charge in [-0.25, -0.2) is 4.98 Å². The first-order chi connectivity index (χ1) is 25.3. The van der Waals surface area contributed by atoms with Gasteiger partial charge in [-0.05, 0) is 96.0 Å². The number of aromatic nitrogens is 2. The predicted molar refractivity (Wildman–Crippen MR) is 215 cm³/mol. The fourth-order valence-corrected chi connectivity index (χ4v) is 7.80. The van der Waals surface area contributed by atoms with Gasteiger partial charge in [-0.15, -0.1) is 0 Å². The van der Waals surface area contributed by atoms with Gasteiger partial charge in [-0.3, -0.25) is 4.57 Å². The lowest BCUT2D eigenvalue weighted by Crippen LogP contribution is -1.97. The summed E-state index contributed by atoms with van der Waals surface area (Å²) in [5.41, 5.74) is 11.6. The van der Waals surface area contributed by atoms with Crippen molar-refractivity contribution in [1.29, 1.82) is 0 Å². The topological polar surface area (TPSA) is 17.8 Å². The zero-order valence-corrected chi connectivity index (χ0v) is 27.9. The quantitative estimate of drug-likeness (QED) is 0.170. The highest BCUT2D eigenvalue weighted by Crippen LogP contribution is 2.44. The molecule has 238 valence electrons. The molecule has 0 unspecified atom stereocenters. The average molecular weight is 649 g/mol. The maximum atomic E-state index is 5.19. The number of benzene rings is 9. The molecule has 1 heterocycles. The second-order valence-corrected chi connectivity index (χ2v) is 13.2. The molecule has 2 heteroatoms. The normalized spacial score (nSPS) is 11.5. The molecule has 0 atom stereocenters. The molecule has 1 aromatic heterocycles. The SMILES string of the molecule is c1ccc(-c2nc3cc(-c4ccc(-c5c6ccccc6c(-c6ccc7ccccc7c6)c6ccccc56)cc4)ccc3n2-c2ccccc2)cc1. The molecule has 0 radical (unpaired) electrons. The molecular formula is C49H32N2. The molecule has 0 saturated carbocycles. The van der Waals surface area contributed by atoms with Crippen LogP contribution in [-0.4, -0.2) is 9.55 Å². The molecule has 0 saturated heterocycles. The van der Waals surface area contributed by atoms with Gasteiger partial charge in [-0.2, -0.15) is 0 Å². The zero-order chi connectivity index (χ0) is 33.7. The maximum Gasteiger partial charge on any atom is 0.145 e. The Labute approximate surface area is 296 Å². The Morgan fingerprint density at radius 3 is 1.51 bits per heavy atom. The number of rotatable bonds is 5. The van der Waals surface area contributed by atoms with Gasteiger partial charge >= 0.3 is 0 Å². The van der Waals surface area contributed by atoms with Crippen molar-refractivity contribution in [2.75, 3.05) is 0 Å². The molecule has 0 aliphatic rings. The van der Waals surface area contributed by atoms with Crippen LogP contribution in [0.3, 0.4) is 0 Å². The molecule has 0 aliphatic carbocycles. The van der Waals surface area contributed by atoms with Gasteiger partial charge in [0.2, 0.25) is 0 Å². The lowest BCUT2D eigenvalue weighted by molar-refractivity contribution is 1.10. The van der Waals surface area contributed by atoms with E-state index < -0.39 is 0 Å². The molecule has 0 aliphatic heterocycles. The Morgan fingerprint density at radius 2 is 0.843 bits per heavy atom. The van der Waals surface area contributed by atoms with Crippen molar-refractivity contribution in [2.24, 2.45) is 0 Å². The van der Waals surface area contributed by atoms with E-state index in [0.29, 0.717) is 0 Å². The molecule has 0 amide bonds. The summed E-state index contributed by atoms with van der Waals surface area (Å²) >= 11 is 0. The van der Waals surface area contributed by atoms with E-state index in [-0.39, 0.29) is 0 Å². The summed E-state index contributed by atoms with van der Waals surface area (Å²) in [6.07, 6.45) is 0. The van der Waals surface area contributed by atoms with Crippen molar-refractivity contribution in [3.8, 4) is 50.5 Å². The summed E-state index contributed by atoms with van der Waals surface area (Å²) in [7, 11) is 0. The second-order valence-electron chi connectivity index (χ2n) is 13.2. The van der Waals surface area contributed by atoms with Crippen LogP contribution in [0.4, 0.5) is 0 Å². The van der Waals surface area contributed by atoms with Crippen LogP contribution in [0, 0.1) is 0 Å². The van der Waals surface area contributed by atoms with Crippen molar-refractivity contribution < 1.29 is 0 Å². The third-order valence-electron chi connectivity index (χ3n) is 10.2. The second kappa shape index (κ2) is 12.0. The molecule has 2 nitrogen and oxygen atoms in total.